The molecule has 0 fully saturated rings. The molecule has 0 aliphatic heterocycles. The summed E-state index contributed by atoms with van der Waals surface area (Å²) in [6, 6.07) is 0. The zero-order chi connectivity index (χ0) is 5.98. The molecule has 44 valence electrons. The van der Waals surface area contributed by atoms with Gasteiger partial charge in [0.15, 0.2) is 5.82 Å². The maximum Gasteiger partial charge on any atom is 0.162 e. The molecular formula is C4H6N2OS. The van der Waals surface area contributed by atoms with Gasteiger partial charge < -0.3 is 0 Å². The minimum absolute atomic E-state index is 0.593. The number of thiazole rings is 1. The first-order chi connectivity index (χ1) is 3.80. The van der Waals surface area contributed by atoms with E-state index in [-0.39, 0.29) is 0 Å². The number of nitrogens with zero attached hydrogens (tertiary/aromatic N) is 2. The van der Waals surface area contributed by atoms with E-state index in [1.165, 1.54) is 18.4 Å². The van der Waals surface area contributed by atoms with Gasteiger partial charge in [0.25, 0.3) is 0 Å². The second-order valence-electron chi connectivity index (χ2n) is 1.37. The molecule has 0 spiro atoms. The third-order valence-electron chi connectivity index (χ3n) is 0.751. The minimum Gasteiger partial charge on any atom is -0.287 e. The molecule has 1 aromatic rings. The highest BCUT2D eigenvalue weighted by Gasteiger charge is 1.94. The van der Waals surface area contributed by atoms with Crippen LogP contribution in [0.3, 0.4) is 0 Å². The van der Waals surface area contributed by atoms with Gasteiger partial charge in [0.2, 0.25) is 0 Å². The molecule has 0 saturated heterocycles. The number of hydrogen-bond donors (Lipinski definition) is 1. The summed E-state index contributed by atoms with van der Waals surface area (Å²) in [4.78, 5) is 3.81. The second-order valence-corrected chi connectivity index (χ2v) is 2.09. The molecule has 3 nitrogen and oxygen atoms in total. The SMILES string of the molecule is CN(O)c1cscn1. The summed E-state index contributed by atoms with van der Waals surface area (Å²) in [5.41, 5.74) is 1.67. The summed E-state index contributed by atoms with van der Waals surface area (Å²) in [6.07, 6.45) is 0. The van der Waals surface area contributed by atoms with Gasteiger partial charge in [-0.25, -0.2) is 10.0 Å². The van der Waals surface area contributed by atoms with E-state index in [4.69, 9.17) is 5.21 Å². The maximum atomic E-state index is 8.69. The standard InChI is InChI=1S/C4H6N2OS/c1-6(7)4-2-8-3-5-4/h2-3,7H,1H3. The summed E-state index contributed by atoms with van der Waals surface area (Å²) in [6.45, 7) is 0. The Labute approximate surface area is 51.2 Å². The van der Waals surface area contributed by atoms with Crippen molar-refractivity contribution in [2.24, 2.45) is 0 Å². The van der Waals surface area contributed by atoms with Crippen molar-refractivity contribution in [3.05, 3.63) is 10.9 Å². The number of anilines is 1. The lowest BCUT2D eigenvalue weighted by Crippen LogP contribution is -2.09. The highest BCUT2D eigenvalue weighted by Crippen LogP contribution is 2.08. The van der Waals surface area contributed by atoms with Crippen LogP contribution in [0.25, 0.3) is 0 Å². The van der Waals surface area contributed by atoms with Gasteiger partial charge in [-0.15, -0.1) is 11.3 Å². The van der Waals surface area contributed by atoms with Gasteiger partial charge in [0, 0.05) is 12.4 Å². The average molecular weight is 130 g/mol. The van der Waals surface area contributed by atoms with Gasteiger partial charge in [0.1, 0.15) is 0 Å². The van der Waals surface area contributed by atoms with Gasteiger partial charge in [-0.05, 0) is 0 Å². The lowest BCUT2D eigenvalue weighted by Gasteiger charge is -2.02. The highest BCUT2D eigenvalue weighted by atomic mass is 32.1. The lowest BCUT2D eigenvalue weighted by molar-refractivity contribution is 0.276. The fourth-order valence-corrected chi connectivity index (χ4v) is 0.931. The minimum atomic E-state index is 0.593. The Morgan fingerprint density at radius 3 is 2.88 bits per heavy atom. The third kappa shape index (κ3) is 0.962. The van der Waals surface area contributed by atoms with Crippen molar-refractivity contribution in [1.82, 2.24) is 4.98 Å². The summed E-state index contributed by atoms with van der Waals surface area (Å²) in [7, 11) is 1.54. The van der Waals surface area contributed by atoms with Crippen LogP contribution in [-0.4, -0.2) is 17.2 Å². The van der Waals surface area contributed by atoms with Crippen molar-refractivity contribution in [3.63, 3.8) is 0 Å². The van der Waals surface area contributed by atoms with Gasteiger partial charge in [0.05, 0.1) is 5.51 Å². The number of aromatic nitrogens is 1. The van der Waals surface area contributed by atoms with Crippen molar-refractivity contribution in [1.29, 1.82) is 0 Å². The van der Waals surface area contributed by atoms with Gasteiger partial charge in [-0.2, -0.15) is 0 Å². The van der Waals surface area contributed by atoms with Crippen molar-refractivity contribution in [2.45, 2.75) is 0 Å². The van der Waals surface area contributed by atoms with Gasteiger partial charge in [-0.1, -0.05) is 0 Å². The molecule has 0 unspecified atom stereocenters. The molecule has 0 bridgehead atoms. The Morgan fingerprint density at radius 2 is 2.62 bits per heavy atom. The molecule has 1 N–H and O–H groups in total. The van der Waals surface area contributed by atoms with Crippen molar-refractivity contribution in [2.75, 3.05) is 12.1 Å². The molecule has 0 amide bonds. The smallest absolute Gasteiger partial charge is 0.162 e. The largest absolute Gasteiger partial charge is 0.287 e. The Bertz CT molecular complexity index is 149. The van der Waals surface area contributed by atoms with E-state index in [0.29, 0.717) is 5.82 Å². The Kier molecular flexibility index (Phi) is 1.45. The van der Waals surface area contributed by atoms with Crippen molar-refractivity contribution < 1.29 is 5.21 Å². The van der Waals surface area contributed by atoms with Crippen LogP contribution in [0, 0.1) is 0 Å². The lowest BCUT2D eigenvalue weighted by atomic mass is 10.8. The van der Waals surface area contributed by atoms with Crippen LogP contribution in [0.15, 0.2) is 10.9 Å². The van der Waals surface area contributed by atoms with E-state index in [1.54, 1.807) is 10.9 Å². The quantitative estimate of drug-likeness (QED) is 0.575. The monoisotopic (exact) mass is 130 g/mol. The molecular weight excluding hydrogens is 124 g/mol. The van der Waals surface area contributed by atoms with Crippen molar-refractivity contribution >= 4 is 17.2 Å². The average Bonchev–Trinajstić information content (AvgIpc) is 2.12. The molecule has 0 aliphatic carbocycles. The topological polar surface area (TPSA) is 36.4 Å². The van der Waals surface area contributed by atoms with E-state index >= 15 is 0 Å². The summed E-state index contributed by atoms with van der Waals surface area (Å²) in [5.74, 6) is 0.593. The maximum absolute atomic E-state index is 8.69. The fourth-order valence-electron chi connectivity index (χ4n) is 0.366. The number of hydroxylamine groups is 1. The molecule has 4 heteroatoms. The van der Waals surface area contributed by atoms with Crippen LogP contribution >= 0.6 is 11.3 Å². The van der Waals surface area contributed by atoms with Crippen LogP contribution < -0.4 is 5.06 Å². The zero-order valence-corrected chi connectivity index (χ0v) is 5.22. The van der Waals surface area contributed by atoms with Crippen LogP contribution in [0.2, 0.25) is 0 Å². The Balaban J connectivity index is 2.77. The molecule has 1 aromatic heterocycles. The van der Waals surface area contributed by atoms with E-state index in [2.05, 4.69) is 4.98 Å². The number of rotatable bonds is 1. The van der Waals surface area contributed by atoms with Crippen LogP contribution in [0.4, 0.5) is 5.82 Å². The molecule has 1 rings (SSSR count). The van der Waals surface area contributed by atoms with Gasteiger partial charge in [-0.3, -0.25) is 5.21 Å². The fraction of sp³-hybridized carbons (Fsp3) is 0.250. The highest BCUT2D eigenvalue weighted by molar-refractivity contribution is 7.07. The van der Waals surface area contributed by atoms with E-state index in [9.17, 15) is 0 Å². The zero-order valence-electron chi connectivity index (χ0n) is 4.40. The second kappa shape index (κ2) is 2.11. The Morgan fingerprint density at radius 1 is 1.88 bits per heavy atom. The van der Waals surface area contributed by atoms with Crippen LogP contribution in [0.5, 0.6) is 0 Å². The summed E-state index contributed by atoms with van der Waals surface area (Å²) >= 11 is 1.46. The van der Waals surface area contributed by atoms with E-state index in [1.807, 2.05) is 0 Å². The summed E-state index contributed by atoms with van der Waals surface area (Å²) in [5, 5.41) is 11.4. The molecule has 0 aliphatic rings. The number of hydrogen-bond acceptors (Lipinski definition) is 4. The summed E-state index contributed by atoms with van der Waals surface area (Å²) < 4.78 is 0. The molecule has 0 atom stereocenters. The first-order valence-corrected chi connectivity index (χ1v) is 3.06. The third-order valence-corrected chi connectivity index (χ3v) is 1.32. The van der Waals surface area contributed by atoms with Crippen molar-refractivity contribution in [3.8, 4) is 0 Å². The first-order valence-electron chi connectivity index (χ1n) is 2.11. The molecule has 8 heavy (non-hydrogen) atoms. The Hall–Kier alpha value is -0.610. The predicted octanol–water partition coefficient (Wildman–Crippen LogP) is 0.968. The van der Waals surface area contributed by atoms with Crippen LogP contribution in [0.1, 0.15) is 0 Å². The molecule has 1 heterocycles. The molecule has 0 saturated carbocycles. The van der Waals surface area contributed by atoms with E-state index < -0.39 is 0 Å². The normalized spacial score (nSPS) is 9.25. The van der Waals surface area contributed by atoms with Gasteiger partial charge >= 0.3 is 0 Å². The predicted molar refractivity (Wildman–Crippen MR) is 32.3 cm³/mol. The van der Waals surface area contributed by atoms with E-state index in [0.717, 1.165) is 5.06 Å². The first kappa shape index (κ1) is 5.53. The molecule has 0 aromatic carbocycles. The molecule has 0 radical (unpaired) electrons. The van der Waals surface area contributed by atoms with Crippen LogP contribution in [-0.2, 0) is 0 Å².